The van der Waals surface area contributed by atoms with Gasteiger partial charge in [0.15, 0.2) is 0 Å². The van der Waals surface area contributed by atoms with Crippen molar-refractivity contribution in [3.8, 4) is 0 Å². The number of rotatable bonds is 5. The van der Waals surface area contributed by atoms with Gasteiger partial charge in [0.05, 0.1) is 4.92 Å². The van der Waals surface area contributed by atoms with E-state index in [4.69, 9.17) is 0 Å². The zero-order valence-electron chi connectivity index (χ0n) is 11.7. The number of hydrogen-bond acceptors (Lipinski definition) is 3. The van der Waals surface area contributed by atoms with E-state index < -0.39 is 0 Å². The molecule has 0 saturated heterocycles. The van der Waals surface area contributed by atoms with E-state index in [0.29, 0.717) is 18.7 Å². The largest absolute Gasteiger partial charge is 0.308 e. The van der Waals surface area contributed by atoms with Gasteiger partial charge in [-0.3, -0.25) is 10.1 Å². The Balaban J connectivity index is 1.99. The number of aryl methyl sites for hydroxylation is 2. The van der Waals surface area contributed by atoms with Crippen LogP contribution < -0.4 is 5.32 Å². The monoisotopic (exact) mass is 270 g/mol. The lowest BCUT2D eigenvalue weighted by molar-refractivity contribution is -0.385. The number of nitro benzene ring substituents is 1. The second-order valence-corrected chi connectivity index (χ2v) is 4.91. The van der Waals surface area contributed by atoms with E-state index >= 15 is 0 Å². The molecule has 0 amide bonds. The van der Waals surface area contributed by atoms with Gasteiger partial charge in [-0.25, -0.2) is 0 Å². The second-order valence-electron chi connectivity index (χ2n) is 4.91. The quantitative estimate of drug-likeness (QED) is 0.668. The van der Waals surface area contributed by atoms with Gasteiger partial charge < -0.3 is 5.32 Å². The fourth-order valence-electron chi connectivity index (χ4n) is 2.09. The Morgan fingerprint density at radius 3 is 2.50 bits per heavy atom. The van der Waals surface area contributed by atoms with Crippen molar-refractivity contribution in [3.63, 3.8) is 0 Å². The predicted octanol–water partition coefficient (Wildman–Crippen LogP) is 3.50. The van der Waals surface area contributed by atoms with Gasteiger partial charge in [0.1, 0.15) is 0 Å². The van der Waals surface area contributed by atoms with Crippen LogP contribution in [0.15, 0.2) is 42.5 Å². The number of nitrogens with one attached hydrogen (secondary N) is 1. The van der Waals surface area contributed by atoms with Crippen molar-refractivity contribution in [2.24, 2.45) is 0 Å². The van der Waals surface area contributed by atoms with E-state index in [1.54, 1.807) is 12.1 Å². The number of benzene rings is 2. The van der Waals surface area contributed by atoms with Gasteiger partial charge in [-0.2, -0.15) is 0 Å². The first-order chi connectivity index (χ1) is 9.58. The molecule has 0 aliphatic rings. The predicted molar refractivity (Wildman–Crippen MR) is 79.6 cm³/mol. The molecule has 0 aliphatic heterocycles. The molecule has 4 nitrogen and oxygen atoms in total. The zero-order valence-corrected chi connectivity index (χ0v) is 11.7. The molecule has 0 atom stereocenters. The summed E-state index contributed by atoms with van der Waals surface area (Å²) in [5.41, 5.74) is 4.59. The van der Waals surface area contributed by atoms with Crippen molar-refractivity contribution in [3.05, 3.63) is 74.8 Å². The smallest absolute Gasteiger partial charge is 0.273 e. The third kappa shape index (κ3) is 3.42. The van der Waals surface area contributed by atoms with Crippen LogP contribution in [0, 0.1) is 24.0 Å². The molecule has 0 unspecified atom stereocenters. The Morgan fingerprint density at radius 1 is 1.05 bits per heavy atom. The standard InChI is InChI=1S/C16H18N2O2/c1-12-7-8-14(9-13(12)2)10-17-11-15-5-3-4-6-16(15)18(19)20/h3-9,17H,10-11H2,1-2H3. The molecule has 0 fully saturated rings. The highest BCUT2D eigenvalue weighted by Gasteiger charge is 2.11. The van der Waals surface area contributed by atoms with Crippen LogP contribution in [0.25, 0.3) is 0 Å². The normalized spacial score (nSPS) is 10.5. The first kappa shape index (κ1) is 14.2. The van der Waals surface area contributed by atoms with Gasteiger partial charge >= 0.3 is 0 Å². The van der Waals surface area contributed by atoms with Crippen LogP contribution in [0.3, 0.4) is 0 Å². The van der Waals surface area contributed by atoms with E-state index in [0.717, 1.165) is 0 Å². The van der Waals surface area contributed by atoms with E-state index in [1.165, 1.54) is 22.8 Å². The summed E-state index contributed by atoms with van der Waals surface area (Å²) >= 11 is 0. The van der Waals surface area contributed by atoms with Crippen LogP contribution in [0.1, 0.15) is 22.3 Å². The summed E-state index contributed by atoms with van der Waals surface area (Å²) in [5, 5.41) is 14.2. The minimum absolute atomic E-state index is 0.167. The first-order valence-corrected chi connectivity index (χ1v) is 6.57. The lowest BCUT2D eigenvalue weighted by Gasteiger charge is -2.08. The molecule has 0 radical (unpaired) electrons. The number of hydrogen-bond donors (Lipinski definition) is 1. The van der Waals surface area contributed by atoms with Crippen LogP contribution in [-0.4, -0.2) is 4.92 Å². The molecule has 0 aromatic heterocycles. The highest BCUT2D eigenvalue weighted by atomic mass is 16.6. The minimum Gasteiger partial charge on any atom is -0.308 e. The van der Waals surface area contributed by atoms with Gasteiger partial charge in [-0.05, 0) is 30.5 Å². The molecule has 1 N–H and O–H groups in total. The lowest BCUT2D eigenvalue weighted by Crippen LogP contribution is -2.14. The fourth-order valence-corrected chi connectivity index (χ4v) is 2.09. The van der Waals surface area contributed by atoms with Gasteiger partial charge in [0.2, 0.25) is 0 Å². The Morgan fingerprint density at radius 2 is 1.80 bits per heavy atom. The molecule has 2 aromatic rings. The zero-order chi connectivity index (χ0) is 14.5. The molecule has 2 aromatic carbocycles. The summed E-state index contributed by atoms with van der Waals surface area (Å²) in [5.74, 6) is 0. The topological polar surface area (TPSA) is 55.2 Å². The number of para-hydroxylation sites is 1. The van der Waals surface area contributed by atoms with Crippen molar-refractivity contribution in [2.75, 3.05) is 0 Å². The van der Waals surface area contributed by atoms with Crippen molar-refractivity contribution >= 4 is 5.69 Å². The summed E-state index contributed by atoms with van der Waals surface area (Å²) < 4.78 is 0. The molecular formula is C16H18N2O2. The van der Waals surface area contributed by atoms with Crippen molar-refractivity contribution in [1.29, 1.82) is 0 Å². The van der Waals surface area contributed by atoms with E-state index in [1.807, 2.05) is 6.07 Å². The fraction of sp³-hybridized carbons (Fsp3) is 0.250. The second kappa shape index (κ2) is 6.30. The van der Waals surface area contributed by atoms with Crippen molar-refractivity contribution < 1.29 is 4.92 Å². The maximum Gasteiger partial charge on any atom is 0.273 e. The molecule has 4 heteroatoms. The van der Waals surface area contributed by atoms with Gasteiger partial charge in [-0.15, -0.1) is 0 Å². The van der Waals surface area contributed by atoms with Crippen LogP contribution in [0.2, 0.25) is 0 Å². The molecule has 0 spiro atoms. The number of nitro groups is 1. The molecule has 2 rings (SSSR count). The summed E-state index contributed by atoms with van der Waals surface area (Å²) in [7, 11) is 0. The average Bonchev–Trinajstić information content (AvgIpc) is 2.43. The van der Waals surface area contributed by atoms with Crippen LogP contribution in [0.4, 0.5) is 5.69 Å². The van der Waals surface area contributed by atoms with E-state index in [2.05, 4.69) is 37.4 Å². The Labute approximate surface area is 118 Å². The van der Waals surface area contributed by atoms with Crippen molar-refractivity contribution in [2.45, 2.75) is 26.9 Å². The van der Waals surface area contributed by atoms with Crippen molar-refractivity contribution in [1.82, 2.24) is 5.32 Å². The third-order valence-electron chi connectivity index (χ3n) is 3.40. The summed E-state index contributed by atoms with van der Waals surface area (Å²) in [6, 6.07) is 13.1. The molecule has 0 bridgehead atoms. The Hall–Kier alpha value is -2.20. The number of nitrogens with zero attached hydrogens (tertiary/aromatic N) is 1. The minimum atomic E-state index is -0.340. The highest BCUT2D eigenvalue weighted by Crippen LogP contribution is 2.17. The highest BCUT2D eigenvalue weighted by molar-refractivity contribution is 5.39. The van der Waals surface area contributed by atoms with Crippen LogP contribution >= 0.6 is 0 Å². The van der Waals surface area contributed by atoms with Gasteiger partial charge in [-0.1, -0.05) is 36.4 Å². The molecule has 0 saturated carbocycles. The SMILES string of the molecule is Cc1ccc(CNCc2ccccc2[N+](=O)[O-])cc1C. The van der Waals surface area contributed by atoms with Crippen LogP contribution in [0.5, 0.6) is 0 Å². The molecular weight excluding hydrogens is 252 g/mol. The third-order valence-corrected chi connectivity index (χ3v) is 3.40. The summed E-state index contributed by atoms with van der Waals surface area (Å²) in [6.07, 6.45) is 0. The van der Waals surface area contributed by atoms with Crippen LogP contribution in [-0.2, 0) is 13.1 Å². The Kier molecular flexibility index (Phi) is 4.48. The van der Waals surface area contributed by atoms with E-state index in [-0.39, 0.29) is 10.6 Å². The maximum absolute atomic E-state index is 10.9. The molecule has 0 aliphatic carbocycles. The lowest BCUT2D eigenvalue weighted by atomic mass is 10.1. The van der Waals surface area contributed by atoms with E-state index in [9.17, 15) is 10.1 Å². The average molecular weight is 270 g/mol. The molecule has 20 heavy (non-hydrogen) atoms. The van der Waals surface area contributed by atoms with Gasteiger partial charge in [0.25, 0.3) is 5.69 Å². The Bertz CT molecular complexity index is 624. The van der Waals surface area contributed by atoms with Gasteiger partial charge in [0, 0.05) is 24.7 Å². The first-order valence-electron chi connectivity index (χ1n) is 6.57. The maximum atomic E-state index is 10.9. The summed E-state index contributed by atoms with van der Waals surface area (Å²) in [6.45, 7) is 5.36. The molecule has 104 valence electrons. The summed E-state index contributed by atoms with van der Waals surface area (Å²) in [4.78, 5) is 10.6. The molecule has 0 heterocycles.